The van der Waals surface area contributed by atoms with Gasteiger partial charge in [0.25, 0.3) is 0 Å². The first-order valence-corrected chi connectivity index (χ1v) is 10.9. The van der Waals surface area contributed by atoms with Gasteiger partial charge in [-0.2, -0.15) is 0 Å². The Hall–Kier alpha value is -3.31. The molecule has 162 valence electrons. The Morgan fingerprint density at radius 2 is 1.72 bits per heavy atom. The van der Waals surface area contributed by atoms with Gasteiger partial charge in [-0.15, -0.1) is 0 Å². The Morgan fingerprint density at radius 3 is 2.44 bits per heavy atom. The van der Waals surface area contributed by atoms with E-state index >= 15 is 0 Å². The van der Waals surface area contributed by atoms with Crippen molar-refractivity contribution in [1.82, 2.24) is 0 Å². The fraction of sp³-hybridized carbons (Fsp3) is 0.192. The third-order valence-corrected chi connectivity index (χ3v) is 6.50. The van der Waals surface area contributed by atoms with E-state index in [1.165, 1.54) is 6.07 Å². The highest BCUT2D eigenvalue weighted by Gasteiger charge is 2.37. The summed E-state index contributed by atoms with van der Waals surface area (Å²) >= 11 is 6.34. The lowest BCUT2D eigenvalue weighted by molar-refractivity contribution is -0.116. The molecule has 3 aromatic rings. The lowest BCUT2D eigenvalue weighted by Crippen LogP contribution is -2.27. The molecule has 0 radical (unpaired) electrons. The van der Waals surface area contributed by atoms with Crippen molar-refractivity contribution in [2.24, 2.45) is 0 Å². The number of halogens is 2. The van der Waals surface area contributed by atoms with Gasteiger partial charge in [0.05, 0.1) is 24.5 Å². The minimum absolute atomic E-state index is 0.0239. The Morgan fingerprint density at radius 1 is 0.969 bits per heavy atom. The van der Waals surface area contributed by atoms with E-state index in [-0.39, 0.29) is 30.0 Å². The largest absolute Gasteiger partial charge is 0.497 e. The molecular weight excluding hydrogens is 427 g/mol. The molecule has 0 saturated carbocycles. The fourth-order valence-electron chi connectivity index (χ4n) is 4.64. The number of ketones is 1. The molecule has 2 N–H and O–H groups in total. The van der Waals surface area contributed by atoms with Crippen molar-refractivity contribution in [1.29, 1.82) is 0 Å². The highest BCUT2D eigenvalue weighted by Crippen LogP contribution is 2.45. The van der Waals surface area contributed by atoms with Crippen LogP contribution in [0.4, 0.5) is 15.8 Å². The Labute approximate surface area is 191 Å². The Kier molecular flexibility index (Phi) is 5.35. The van der Waals surface area contributed by atoms with E-state index in [0.717, 1.165) is 28.4 Å². The van der Waals surface area contributed by atoms with E-state index in [1.54, 1.807) is 19.2 Å². The molecule has 4 nitrogen and oxygen atoms in total. The zero-order valence-electron chi connectivity index (χ0n) is 17.5. The lowest BCUT2D eigenvalue weighted by atomic mass is 9.78. The third-order valence-electron chi connectivity index (χ3n) is 6.17. The number of allylic oxidation sites excluding steroid dienone is 1. The van der Waals surface area contributed by atoms with Gasteiger partial charge in [0.15, 0.2) is 5.78 Å². The van der Waals surface area contributed by atoms with Crippen LogP contribution in [0.25, 0.3) is 0 Å². The molecule has 0 bridgehead atoms. The third kappa shape index (κ3) is 3.63. The molecule has 0 aromatic heterocycles. The first-order chi connectivity index (χ1) is 15.5. The fourth-order valence-corrected chi connectivity index (χ4v) is 4.96. The number of carbonyl (C=O) groups is 1. The summed E-state index contributed by atoms with van der Waals surface area (Å²) in [5, 5.41) is 7.35. The second-order valence-corrected chi connectivity index (χ2v) is 8.48. The molecule has 1 aliphatic heterocycles. The van der Waals surface area contributed by atoms with Gasteiger partial charge < -0.3 is 15.4 Å². The molecule has 6 heteroatoms. The predicted octanol–water partition coefficient (Wildman–Crippen LogP) is 6.47. The summed E-state index contributed by atoms with van der Waals surface area (Å²) in [6.45, 7) is 0. The smallest absolute Gasteiger partial charge is 0.163 e. The Balaban J connectivity index is 1.61. The van der Waals surface area contributed by atoms with Crippen molar-refractivity contribution in [2.45, 2.75) is 24.8 Å². The highest BCUT2D eigenvalue weighted by atomic mass is 35.5. The van der Waals surface area contributed by atoms with Crippen LogP contribution >= 0.6 is 11.6 Å². The number of fused-ring (bicyclic) bond motifs is 1. The zero-order chi connectivity index (χ0) is 22.2. The molecule has 0 spiro atoms. The maximum atomic E-state index is 14.7. The van der Waals surface area contributed by atoms with Crippen molar-refractivity contribution in [3.63, 3.8) is 0 Å². The molecule has 3 aromatic carbocycles. The SMILES string of the molecule is COc1ccc([C@@H]2Nc3ccccc3NC3=C2C(=O)C[C@H](c2c(F)cccc2Cl)C3)cc1. The van der Waals surface area contributed by atoms with Crippen LogP contribution in [0.2, 0.25) is 5.02 Å². The van der Waals surface area contributed by atoms with E-state index < -0.39 is 0 Å². The van der Waals surface area contributed by atoms with Crippen molar-refractivity contribution in [3.05, 3.63) is 100.0 Å². The molecule has 0 saturated heterocycles. The molecule has 1 aliphatic carbocycles. The van der Waals surface area contributed by atoms with Crippen LogP contribution in [0, 0.1) is 5.82 Å². The number of hydrogen-bond acceptors (Lipinski definition) is 4. The lowest BCUT2D eigenvalue weighted by Gasteiger charge is -2.30. The number of para-hydroxylation sites is 2. The van der Waals surface area contributed by atoms with Gasteiger partial charge in [0, 0.05) is 34.2 Å². The van der Waals surface area contributed by atoms with Gasteiger partial charge in [-0.1, -0.05) is 41.9 Å². The molecule has 2 aliphatic rings. The van der Waals surface area contributed by atoms with Crippen LogP contribution in [-0.4, -0.2) is 12.9 Å². The van der Waals surface area contributed by atoms with Crippen LogP contribution < -0.4 is 15.4 Å². The summed E-state index contributed by atoms with van der Waals surface area (Å²) in [5.41, 5.74) is 4.61. The van der Waals surface area contributed by atoms with Crippen molar-refractivity contribution in [2.75, 3.05) is 17.7 Å². The van der Waals surface area contributed by atoms with Crippen LogP contribution in [0.3, 0.4) is 0 Å². The summed E-state index contributed by atoms with van der Waals surface area (Å²) in [4.78, 5) is 13.5. The van der Waals surface area contributed by atoms with Crippen molar-refractivity contribution >= 4 is 28.8 Å². The Bertz CT molecular complexity index is 1200. The first kappa shape index (κ1) is 20.6. The van der Waals surface area contributed by atoms with E-state index in [2.05, 4.69) is 10.6 Å². The monoisotopic (exact) mass is 448 g/mol. The normalized spacial score (nSPS) is 19.9. The van der Waals surface area contributed by atoms with Crippen LogP contribution in [0.1, 0.15) is 35.9 Å². The number of ether oxygens (including phenoxy) is 1. The van der Waals surface area contributed by atoms with Gasteiger partial charge in [-0.3, -0.25) is 4.79 Å². The van der Waals surface area contributed by atoms with Gasteiger partial charge in [0.1, 0.15) is 11.6 Å². The molecule has 2 atom stereocenters. The van der Waals surface area contributed by atoms with E-state index in [0.29, 0.717) is 22.6 Å². The number of methoxy groups -OCH3 is 1. The molecule has 0 unspecified atom stereocenters. The topological polar surface area (TPSA) is 50.4 Å². The van der Waals surface area contributed by atoms with E-state index in [9.17, 15) is 9.18 Å². The van der Waals surface area contributed by atoms with E-state index in [1.807, 2.05) is 48.5 Å². The number of hydrogen-bond donors (Lipinski definition) is 2. The molecule has 5 rings (SSSR count). The number of benzene rings is 3. The summed E-state index contributed by atoms with van der Waals surface area (Å²) in [6, 6.07) is 19.8. The number of nitrogens with one attached hydrogen (secondary N) is 2. The summed E-state index contributed by atoms with van der Waals surface area (Å²) in [5.74, 6) is 0.0194. The number of anilines is 2. The van der Waals surface area contributed by atoms with Gasteiger partial charge in [-0.25, -0.2) is 4.39 Å². The zero-order valence-corrected chi connectivity index (χ0v) is 18.2. The maximum absolute atomic E-state index is 14.7. The number of Topliss-reactive ketones (excluding diaryl/α,β-unsaturated/α-hetero) is 1. The predicted molar refractivity (Wildman–Crippen MR) is 125 cm³/mol. The second kappa shape index (κ2) is 8.32. The molecule has 1 heterocycles. The van der Waals surface area contributed by atoms with Gasteiger partial charge in [-0.05, 0) is 48.4 Å². The standard InChI is InChI=1S/C26H22ClFN2O2/c1-32-17-11-9-15(10-12-17)26-25-22(29-20-7-2-3-8-21(20)30-26)13-16(14-23(25)31)24-18(27)5-4-6-19(24)28/h2-12,16,26,29-30H,13-14H2,1H3/t16-,26+/m1/s1. The average molecular weight is 449 g/mol. The summed E-state index contributed by atoms with van der Waals surface area (Å²) in [6.07, 6.45) is 0.691. The minimum atomic E-state index is -0.377. The van der Waals surface area contributed by atoms with E-state index in [4.69, 9.17) is 16.3 Å². The van der Waals surface area contributed by atoms with Crippen LogP contribution in [0.5, 0.6) is 5.75 Å². The average Bonchev–Trinajstić information content (AvgIpc) is 2.96. The van der Waals surface area contributed by atoms with Crippen LogP contribution in [-0.2, 0) is 4.79 Å². The molecule has 0 fully saturated rings. The van der Waals surface area contributed by atoms with Gasteiger partial charge in [0.2, 0.25) is 0 Å². The van der Waals surface area contributed by atoms with Crippen molar-refractivity contribution in [3.8, 4) is 5.75 Å². The second-order valence-electron chi connectivity index (χ2n) is 8.08. The maximum Gasteiger partial charge on any atom is 0.163 e. The first-order valence-electron chi connectivity index (χ1n) is 10.5. The quantitative estimate of drug-likeness (QED) is 0.482. The highest BCUT2D eigenvalue weighted by molar-refractivity contribution is 6.31. The molecular formula is C26H22ClFN2O2. The van der Waals surface area contributed by atoms with Crippen molar-refractivity contribution < 1.29 is 13.9 Å². The minimum Gasteiger partial charge on any atom is -0.497 e. The molecule has 32 heavy (non-hydrogen) atoms. The van der Waals surface area contributed by atoms with Crippen LogP contribution in [0.15, 0.2) is 78.0 Å². The number of carbonyl (C=O) groups excluding carboxylic acids is 1. The summed E-state index contributed by atoms with van der Waals surface area (Å²) < 4.78 is 20.0. The van der Waals surface area contributed by atoms with Gasteiger partial charge >= 0.3 is 0 Å². The number of rotatable bonds is 3. The molecule has 0 amide bonds. The summed E-state index contributed by atoms with van der Waals surface area (Å²) in [7, 11) is 1.62.